The van der Waals surface area contributed by atoms with Gasteiger partial charge in [-0.2, -0.15) is 0 Å². The van der Waals surface area contributed by atoms with Crippen LogP contribution in [-0.2, 0) is 14.3 Å². The van der Waals surface area contributed by atoms with E-state index in [1.165, 1.54) is 6.92 Å². The number of carbonyl (C=O) groups excluding carboxylic acids is 2. The monoisotopic (exact) mass is 265 g/mol. The third-order valence-electron chi connectivity index (χ3n) is 2.83. The van der Waals surface area contributed by atoms with Gasteiger partial charge in [0.1, 0.15) is 12.4 Å². The van der Waals surface area contributed by atoms with E-state index in [4.69, 9.17) is 14.2 Å². The van der Waals surface area contributed by atoms with Crippen molar-refractivity contribution in [3.05, 3.63) is 29.8 Å². The highest BCUT2D eigenvalue weighted by Crippen LogP contribution is 2.26. The summed E-state index contributed by atoms with van der Waals surface area (Å²) in [7, 11) is 1.58. The molecule has 2 rings (SSSR count). The third-order valence-corrected chi connectivity index (χ3v) is 2.83. The Bertz CT molecular complexity index is 470. The van der Waals surface area contributed by atoms with Crippen molar-refractivity contribution in [1.82, 2.24) is 5.32 Å². The van der Waals surface area contributed by atoms with Crippen molar-refractivity contribution >= 4 is 12.1 Å². The molecule has 1 heterocycles. The fourth-order valence-electron chi connectivity index (χ4n) is 1.90. The van der Waals surface area contributed by atoms with Crippen LogP contribution in [0, 0.1) is 0 Å². The SMILES string of the molecule is COc1ccc([C@H]2NC(=O)O[C@@H]2COC(C)=O)cc1. The molecule has 0 saturated carbocycles. The first kappa shape index (κ1) is 13.2. The van der Waals surface area contributed by atoms with Crippen LogP contribution in [0.3, 0.4) is 0 Å². The normalized spacial score (nSPS) is 21.5. The Morgan fingerprint density at radius 3 is 2.63 bits per heavy atom. The van der Waals surface area contributed by atoms with Crippen molar-refractivity contribution in [1.29, 1.82) is 0 Å². The molecule has 0 unspecified atom stereocenters. The lowest BCUT2D eigenvalue weighted by Crippen LogP contribution is -2.26. The number of methoxy groups -OCH3 is 1. The number of carbonyl (C=O) groups is 2. The van der Waals surface area contributed by atoms with Crippen molar-refractivity contribution in [3.63, 3.8) is 0 Å². The molecule has 1 N–H and O–H groups in total. The summed E-state index contributed by atoms with van der Waals surface area (Å²) in [5, 5.41) is 2.69. The van der Waals surface area contributed by atoms with Crippen molar-refractivity contribution < 1.29 is 23.8 Å². The molecule has 1 saturated heterocycles. The first-order valence-electron chi connectivity index (χ1n) is 5.84. The molecule has 0 radical (unpaired) electrons. The Kier molecular flexibility index (Phi) is 3.89. The molecule has 6 nitrogen and oxygen atoms in total. The maximum absolute atomic E-state index is 11.3. The van der Waals surface area contributed by atoms with Gasteiger partial charge in [0.15, 0.2) is 6.10 Å². The van der Waals surface area contributed by atoms with E-state index < -0.39 is 18.2 Å². The lowest BCUT2D eigenvalue weighted by atomic mass is 10.0. The van der Waals surface area contributed by atoms with Gasteiger partial charge in [0.05, 0.1) is 13.2 Å². The highest BCUT2D eigenvalue weighted by molar-refractivity contribution is 5.71. The Hall–Kier alpha value is -2.24. The molecule has 1 aliphatic heterocycles. The zero-order valence-corrected chi connectivity index (χ0v) is 10.7. The Labute approximate surface area is 110 Å². The molecule has 102 valence electrons. The van der Waals surface area contributed by atoms with Crippen LogP contribution in [0.4, 0.5) is 4.79 Å². The average molecular weight is 265 g/mol. The van der Waals surface area contributed by atoms with Gasteiger partial charge in [0, 0.05) is 6.92 Å². The Morgan fingerprint density at radius 2 is 2.05 bits per heavy atom. The van der Waals surface area contributed by atoms with Gasteiger partial charge in [0.2, 0.25) is 0 Å². The van der Waals surface area contributed by atoms with E-state index in [1.807, 2.05) is 12.1 Å². The first-order chi connectivity index (χ1) is 9.10. The molecule has 1 aromatic rings. The second-order valence-electron chi connectivity index (χ2n) is 4.14. The molecule has 1 amide bonds. The predicted molar refractivity (Wildman–Crippen MR) is 65.8 cm³/mol. The molecular formula is C13H15NO5. The summed E-state index contributed by atoms with van der Waals surface area (Å²) in [6.45, 7) is 1.34. The molecule has 6 heteroatoms. The van der Waals surface area contributed by atoms with Crippen molar-refractivity contribution in [2.75, 3.05) is 13.7 Å². The van der Waals surface area contributed by atoms with Crippen LogP contribution < -0.4 is 10.1 Å². The lowest BCUT2D eigenvalue weighted by Gasteiger charge is -2.17. The summed E-state index contributed by atoms with van der Waals surface area (Å²) < 4.78 is 15.0. The molecule has 0 spiro atoms. The molecule has 0 aromatic heterocycles. The van der Waals surface area contributed by atoms with Crippen LogP contribution in [0.2, 0.25) is 0 Å². The fourth-order valence-corrected chi connectivity index (χ4v) is 1.90. The number of hydrogen-bond donors (Lipinski definition) is 1. The van der Waals surface area contributed by atoms with Crippen LogP contribution in [0.25, 0.3) is 0 Å². The Balaban J connectivity index is 2.10. The maximum Gasteiger partial charge on any atom is 0.408 e. The van der Waals surface area contributed by atoms with E-state index in [2.05, 4.69) is 5.32 Å². The summed E-state index contributed by atoms with van der Waals surface area (Å²) in [5.74, 6) is 0.321. The van der Waals surface area contributed by atoms with Gasteiger partial charge >= 0.3 is 12.1 Å². The minimum absolute atomic E-state index is 0.0325. The van der Waals surface area contributed by atoms with Gasteiger partial charge < -0.3 is 19.5 Å². The van der Waals surface area contributed by atoms with Crippen LogP contribution in [0.5, 0.6) is 5.75 Å². The van der Waals surface area contributed by atoms with Gasteiger partial charge in [-0.15, -0.1) is 0 Å². The molecule has 1 fully saturated rings. The molecule has 0 bridgehead atoms. The Morgan fingerprint density at radius 1 is 1.37 bits per heavy atom. The summed E-state index contributed by atoms with van der Waals surface area (Å²) in [6.07, 6.45) is -1.04. The second kappa shape index (κ2) is 5.60. The van der Waals surface area contributed by atoms with Crippen LogP contribution in [0.15, 0.2) is 24.3 Å². The summed E-state index contributed by atoms with van der Waals surface area (Å²) in [5.41, 5.74) is 0.865. The minimum atomic E-state index is -0.523. The van der Waals surface area contributed by atoms with E-state index in [1.54, 1.807) is 19.2 Å². The van der Waals surface area contributed by atoms with Crippen molar-refractivity contribution in [2.24, 2.45) is 0 Å². The predicted octanol–water partition coefficient (Wildman–Crippen LogP) is 1.41. The van der Waals surface area contributed by atoms with Gasteiger partial charge in [-0.25, -0.2) is 4.79 Å². The molecule has 0 aliphatic carbocycles. The molecule has 2 atom stereocenters. The smallest absolute Gasteiger partial charge is 0.408 e. The lowest BCUT2D eigenvalue weighted by molar-refractivity contribution is -0.143. The molecule has 19 heavy (non-hydrogen) atoms. The standard InChI is InChI=1S/C13H15NO5/c1-8(15)18-7-11-12(14-13(16)19-11)9-3-5-10(17-2)6-4-9/h3-6,11-12H,7H2,1-2H3,(H,14,16)/t11-,12-/m1/s1. The summed E-state index contributed by atoms with van der Waals surface area (Å²) in [4.78, 5) is 22.1. The number of ether oxygens (including phenoxy) is 3. The number of benzene rings is 1. The minimum Gasteiger partial charge on any atom is -0.497 e. The van der Waals surface area contributed by atoms with E-state index in [9.17, 15) is 9.59 Å². The van der Waals surface area contributed by atoms with Crippen molar-refractivity contribution in [2.45, 2.75) is 19.1 Å². The topological polar surface area (TPSA) is 73.9 Å². The average Bonchev–Trinajstić information content (AvgIpc) is 2.78. The number of rotatable bonds is 4. The fraction of sp³-hybridized carbons (Fsp3) is 0.385. The van der Waals surface area contributed by atoms with Crippen LogP contribution in [0.1, 0.15) is 18.5 Å². The molecular weight excluding hydrogens is 250 g/mol. The summed E-state index contributed by atoms with van der Waals surface area (Å²) in [6, 6.07) is 6.92. The van der Waals surface area contributed by atoms with Gasteiger partial charge in [-0.3, -0.25) is 4.79 Å². The van der Waals surface area contributed by atoms with Gasteiger partial charge in [-0.1, -0.05) is 12.1 Å². The number of hydrogen-bond acceptors (Lipinski definition) is 5. The number of nitrogens with one attached hydrogen (secondary N) is 1. The number of alkyl carbamates (subject to hydrolysis) is 1. The van der Waals surface area contributed by atoms with E-state index in [0.717, 1.165) is 11.3 Å². The number of amides is 1. The van der Waals surface area contributed by atoms with Gasteiger partial charge in [0.25, 0.3) is 0 Å². The maximum atomic E-state index is 11.3. The molecule has 1 aromatic carbocycles. The van der Waals surface area contributed by atoms with Crippen LogP contribution >= 0.6 is 0 Å². The summed E-state index contributed by atoms with van der Waals surface area (Å²) >= 11 is 0. The highest BCUT2D eigenvalue weighted by atomic mass is 16.6. The van der Waals surface area contributed by atoms with E-state index in [-0.39, 0.29) is 12.6 Å². The first-order valence-corrected chi connectivity index (χ1v) is 5.84. The zero-order chi connectivity index (χ0) is 13.8. The van der Waals surface area contributed by atoms with E-state index >= 15 is 0 Å². The highest BCUT2D eigenvalue weighted by Gasteiger charge is 2.35. The number of cyclic esters (lactones) is 1. The molecule has 1 aliphatic rings. The van der Waals surface area contributed by atoms with Gasteiger partial charge in [-0.05, 0) is 17.7 Å². The zero-order valence-electron chi connectivity index (χ0n) is 10.7. The third kappa shape index (κ3) is 3.15. The van der Waals surface area contributed by atoms with E-state index in [0.29, 0.717) is 0 Å². The second-order valence-corrected chi connectivity index (χ2v) is 4.14. The largest absolute Gasteiger partial charge is 0.497 e. The number of esters is 1. The quantitative estimate of drug-likeness (QED) is 0.833. The van der Waals surface area contributed by atoms with Crippen molar-refractivity contribution in [3.8, 4) is 5.75 Å². The van der Waals surface area contributed by atoms with Crippen LogP contribution in [-0.4, -0.2) is 31.9 Å².